The van der Waals surface area contributed by atoms with E-state index in [0.717, 1.165) is 10.5 Å². The molecule has 0 radical (unpaired) electrons. The molecular weight excluding hydrogens is 1080 g/mol. The highest BCUT2D eigenvalue weighted by Crippen LogP contribution is 2.42. The Hall–Kier alpha value is -4.02. The van der Waals surface area contributed by atoms with Gasteiger partial charge in [-0.1, -0.05) is 32.9 Å². The van der Waals surface area contributed by atoms with Crippen molar-refractivity contribution in [2.45, 2.75) is 210 Å². The Morgan fingerprint density at radius 3 is 2.26 bits per heavy atom. The Bertz CT molecular complexity index is 2600. The Morgan fingerprint density at radius 2 is 1.63 bits per heavy atom. The highest BCUT2D eigenvalue weighted by atomic mass is 32.2. The van der Waals surface area contributed by atoms with E-state index in [1.54, 1.807) is 59.1 Å². The first kappa shape index (κ1) is 66.1. The van der Waals surface area contributed by atoms with Crippen LogP contribution in [0.25, 0.3) is 10.9 Å². The maximum Gasteiger partial charge on any atom is 0.407 e. The van der Waals surface area contributed by atoms with Gasteiger partial charge >= 0.3 is 18.0 Å². The third kappa shape index (κ3) is 14.7. The Kier molecular flexibility index (Phi) is 22.0. The molecule has 5 heterocycles. The van der Waals surface area contributed by atoms with Crippen molar-refractivity contribution in [3.05, 3.63) is 39.7 Å². The zero-order chi connectivity index (χ0) is 60.3. The third-order valence-electron chi connectivity index (χ3n) is 16.8. The molecule has 24 heteroatoms. The van der Waals surface area contributed by atoms with Gasteiger partial charge in [0.05, 0.1) is 73.1 Å². The van der Waals surface area contributed by atoms with E-state index >= 15 is 0 Å². The lowest BCUT2D eigenvalue weighted by Crippen LogP contribution is -2.61. The highest BCUT2D eigenvalue weighted by Gasteiger charge is 2.54. The number of carboxylic acid groups (broad SMARTS) is 1. The number of cyclic esters (lactones) is 1. The minimum atomic E-state index is -1.99. The fourth-order valence-electron chi connectivity index (χ4n) is 12.2. The minimum Gasteiger partial charge on any atom is -0.477 e. The quantitative estimate of drug-likeness (QED) is 0.0526. The number of oxime groups is 1. The fraction of sp³-hybridized carbons (Fsp3) is 0.772. The molecule has 81 heavy (non-hydrogen) atoms. The average Bonchev–Trinajstić information content (AvgIpc) is 3.60. The number of pyridine rings is 1. The summed E-state index contributed by atoms with van der Waals surface area (Å²) in [5, 5.41) is 65.6. The molecular formula is C57H90N4O19S. The molecule has 1 aromatic carbocycles. The van der Waals surface area contributed by atoms with Gasteiger partial charge in [-0.15, -0.1) is 11.8 Å². The summed E-state index contributed by atoms with van der Waals surface area (Å²) in [6.45, 7) is 21.2. The van der Waals surface area contributed by atoms with Crippen molar-refractivity contribution in [2.24, 2.45) is 28.8 Å². The monoisotopic (exact) mass is 1170 g/mol. The summed E-state index contributed by atoms with van der Waals surface area (Å²) >= 11 is 1.43. The second-order valence-electron chi connectivity index (χ2n) is 23.8. The molecule has 6 N–H and O–H groups in total. The van der Waals surface area contributed by atoms with Crippen molar-refractivity contribution in [1.29, 1.82) is 0 Å². The molecule has 23 nitrogen and oxygen atoms in total. The normalized spacial score (nSPS) is 37.4. The number of esters is 1. The van der Waals surface area contributed by atoms with Gasteiger partial charge in [-0.25, -0.2) is 9.59 Å². The number of carbonyl (C=O) groups is 3. The predicted octanol–water partition coefficient (Wildman–Crippen LogP) is 5.00. The van der Waals surface area contributed by atoms with Crippen molar-refractivity contribution in [3.8, 4) is 0 Å². The Morgan fingerprint density at radius 1 is 0.938 bits per heavy atom. The molecule has 4 aliphatic rings. The molecule has 1 unspecified atom stereocenters. The number of rotatable bonds is 17. The molecule has 1 aromatic heterocycles. The number of aromatic nitrogens is 1. The number of ether oxygens (including phenoxy) is 9. The second-order valence-corrected chi connectivity index (χ2v) is 25.0. The molecule has 2 aromatic rings. The molecule has 3 fully saturated rings. The molecule has 4 aliphatic heterocycles. The van der Waals surface area contributed by atoms with E-state index in [9.17, 15) is 44.7 Å². The number of aromatic carboxylic acids is 1. The van der Waals surface area contributed by atoms with Gasteiger partial charge in [0, 0.05) is 71.7 Å². The molecule has 1 amide bonds. The summed E-state index contributed by atoms with van der Waals surface area (Å²) in [6, 6.07) is 3.25. The number of nitrogens with zero attached hydrogens (tertiary/aromatic N) is 3. The van der Waals surface area contributed by atoms with Crippen LogP contribution in [0, 0.1) is 23.7 Å². The van der Waals surface area contributed by atoms with Crippen molar-refractivity contribution >= 4 is 46.4 Å². The number of alkyl carbamates (subject to hydrolysis) is 1. The number of likely N-dealkylation sites (N-methyl/N-ethyl adjacent to an activating group) is 1. The van der Waals surface area contributed by atoms with Crippen LogP contribution in [-0.4, -0.2) is 197 Å². The van der Waals surface area contributed by atoms with Gasteiger partial charge in [0.2, 0.25) is 5.43 Å². The van der Waals surface area contributed by atoms with Gasteiger partial charge in [-0.2, -0.15) is 0 Å². The number of carboxylic acids is 1. The van der Waals surface area contributed by atoms with Gasteiger partial charge in [0.25, 0.3) is 0 Å². The van der Waals surface area contributed by atoms with Gasteiger partial charge in [0.1, 0.15) is 41.8 Å². The maximum atomic E-state index is 14.6. The third-order valence-corrected chi connectivity index (χ3v) is 17.7. The number of hydrogen-bond acceptors (Lipinski definition) is 21. The number of hydrogen-bond donors (Lipinski definition) is 6. The zero-order valence-corrected chi connectivity index (χ0v) is 50.8. The van der Waals surface area contributed by atoms with Crippen molar-refractivity contribution < 1.29 is 87.4 Å². The number of amides is 1. The minimum absolute atomic E-state index is 0.0171. The summed E-state index contributed by atoms with van der Waals surface area (Å²) < 4.78 is 58.2. The highest BCUT2D eigenvalue weighted by molar-refractivity contribution is 7.99. The van der Waals surface area contributed by atoms with Crippen LogP contribution >= 0.6 is 11.8 Å². The van der Waals surface area contributed by atoms with Gasteiger partial charge < -0.3 is 87.8 Å². The van der Waals surface area contributed by atoms with Crippen LogP contribution in [0.3, 0.4) is 0 Å². The number of nitrogens with one attached hydrogen (secondary N) is 1. The van der Waals surface area contributed by atoms with Crippen molar-refractivity contribution in [3.63, 3.8) is 0 Å². The summed E-state index contributed by atoms with van der Waals surface area (Å²) in [4.78, 5) is 61.2. The molecule has 0 bridgehead atoms. The second kappa shape index (κ2) is 26.9. The van der Waals surface area contributed by atoms with E-state index in [1.165, 1.54) is 39.1 Å². The van der Waals surface area contributed by atoms with Gasteiger partial charge in [-0.3, -0.25) is 9.59 Å². The molecule has 6 rings (SSSR count). The summed E-state index contributed by atoms with van der Waals surface area (Å²) in [5.74, 6) is -5.14. The molecule has 0 spiro atoms. The number of aliphatic hydroxyl groups excluding tert-OH is 2. The first-order valence-corrected chi connectivity index (χ1v) is 29.0. The number of aliphatic hydroxyl groups is 4. The first-order chi connectivity index (χ1) is 37.8. The Balaban J connectivity index is 1.17. The molecule has 458 valence electrons. The van der Waals surface area contributed by atoms with Crippen LogP contribution in [0.2, 0.25) is 0 Å². The fourth-order valence-corrected chi connectivity index (χ4v) is 13.1. The average molecular weight is 1170 g/mol. The summed E-state index contributed by atoms with van der Waals surface area (Å²) in [7, 11) is 6.52. The van der Waals surface area contributed by atoms with Crippen LogP contribution in [-0.2, 0) is 64.6 Å². The molecule has 18 atom stereocenters. The van der Waals surface area contributed by atoms with E-state index < -0.39 is 125 Å². The molecule has 3 saturated heterocycles. The standard InChI is InChI=1S/C57H90N4O19S/c1-17-40-57(12,70)47(64)31(4)42(59-72-16)29(2)25-55(10,69)48(79-52-45(63)39(60(13)14)22-30(3)75-52)32(5)46(33(6)51(67)77-40)78-41-26-56(11,71-15)49(34(7)76-41)80-53(68)58-18-19-73-20-21-81-36-23-35-28-74-54(8,9)61-27-38(50(65)66)44(62)37(24-36)43(35)61/h23-24,27,29-34,39-41,45-49,52,63-64,69-70H,17-22,25-26,28H2,1-16H3,(H,58,68)(H,65,66)/b59-42+/t29-,30-,31+,32+,33-,34+,39+,40-,41+,45-,46+,47-,48-,49+,52?,55-,56-,57-/m1/s1. The van der Waals surface area contributed by atoms with Gasteiger partial charge in [-0.05, 0) is 101 Å². The maximum absolute atomic E-state index is 14.6. The summed E-state index contributed by atoms with van der Waals surface area (Å²) in [6.07, 6.45) is -9.67. The summed E-state index contributed by atoms with van der Waals surface area (Å²) in [5.41, 5.74) is -5.05. The van der Waals surface area contributed by atoms with Crippen LogP contribution in [0.4, 0.5) is 4.79 Å². The lowest BCUT2D eigenvalue weighted by molar-refractivity contribution is -0.317. The molecule has 0 saturated carbocycles. The van der Waals surface area contributed by atoms with E-state index in [0.29, 0.717) is 28.8 Å². The molecule has 0 aliphatic carbocycles. The smallest absolute Gasteiger partial charge is 0.407 e. The van der Waals surface area contributed by atoms with Gasteiger partial charge in [0.15, 0.2) is 18.7 Å². The largest absolute Gasteiger partial charge is 0.477 e. The lowest BCUT2D eigenvalue weighted by atomic mass is 9.73. The van der Waals surface area contributed by atoms with E-state index in [-0.39, 0.29) is 63.3 Å². The van der Waals surface area contributed by atoms with Crippen LogP contribution in [0.15, 0.2) is 33.2 Å². The zero-order valence-electron chi connectivity index (χ0n) is 50.0. The van der Waals surface area contributed by atoms with Crippen molar-refractivity contribution in [2.75, 3.05) is 53.8 Å². The first-order valence-electron chi connectivity index (χ1n) is 28.0. The van der Waals surface area contributed by atoms with Crippen molar-refractivity contribution in [1.82, 2.24) is 14.8 Å². The Labute approximate surface area is 479 Å². The van der Waals surface area contributed by atoms with E-state index in [1.807, 2.05) is 52.8 Å². The van der Waals surface area contributed by atoms with Crippen LogP contribution < -0.4 is 10.7 Å². The number of benzene rings is 1. The van der Waals surface area contributed by atoms with E-state index in [2.05, 4.69) is 10.5 Å². The van der Waals surface area contributed by atoms with Crippen LogP contribution in [0.5, 0.6) is 0 Å². The number of thioether (sulfide) groups is 1. The lowest BCUT2D eigenvalue weighted by Gasteiger charge is -2.49. The topological polar surface area (TPSA) is 294 Å². The number of carbonyl (C=O) groups excluding carboxylic acids is 2. The van der Waals surface area contributed by atoms with Crippen LogP contribution in [0.1, 0.15) is 125 Å². The predicted molar refractivity (Wildman–Crippen MR) is 299 cm³/mol. The van der Waals surface area contributed by atoms with E-state index in [4.69, 9.17) is 47.5 Å². The number of methoxy groups -OCH3 is 1. The SMILES string of the molecule is CC[C@H]1OC(=O)[C@H](C)[C@@H](O[C@H]2C[C@@](C)(OC)[C@@H](OC(=O)NCCOCCSc3cc4c5c(c3)c(=O)c(C(=O)O)cn5C(C)(C)OC4)[C@H](C)O2)[C@H](C)[C@@H](OC2O[C@H](C)C[C@H](N(C)C)[C@H]2O)[C@](C)(O)C[C@@H](C)/C(=N\OC)[C@H](C)[C@@H](O)[C@]1(C)O.